The van der Waals surface area contributed by atoms with Crippen LogP contribution in [0.5, 0.6) is 5.75 Å². The van der Waals surface area contributed by atoms with Gasteiger partial charge in [-0.3, -0.25) is 0 Å². The highest BCUT2D eigenvalue weighted by atomic mass is 35.5. The number of halogens is 1. The Balaban J connectivity index is 1.72. The quantitative estimate of drug-likeness (QED) is 0.899. The number of fused-ring (bicyclic) bond motifs is 1. The summed E-state index contributed by atoms with van der Waals surface area (Å²) in [4.78, 5) is 0. The van der Waals surface area contributed by atoms with Crippen molar-refractivity contribution in [3.63, 3.8) is 0 Å². The topological polar surface area (TPSA) is 41.5 Å². The van der Waals surface area contributed by atoms with Crippen molar-refractivity contribution in [2.75, 3.05) is 13.2 Å². The molecule has 1 saturated carbocycles. The normalized spacial score (nSPS) is 29.6. The monoisotopic (exact) mass is 295 g/mol. The highest BCUT2D eigenvalue weighted by Gasteiger charge is 2.27. The average molecular weight is 296 g/mol. The average Bonchev–Trinajstić information content (AvgIpc) is 2.73. The zero-order valence-corrected chi connectivity index (χ0v) is 12.4. The second kappa shape index (κ2) is 6.33. The molecule has 1 aliphatic carbocycles. The molecule has 0 spiro atoms. The Morgan fingerprint density at radius 3 is 2.95 bits per heavy atom. The molecule has 3 unspecified atom stereocenters. The summed E-state index contributed by atoms with van der Waals surface area (Å²) in [6.07, 6.45) is 5.15. The van der Waals surface area contributed by atoms with E-state index in [1.807, 2.05) is 12.1 Å². The molecule has 3 atom stereocenters. The largest absolute Gasteiger partial charge is 0.492 e. The fourth-order valence-corrected chi connectivity index (χ4v) is 3.57. The van der Waals surface area contributed by atoms with Crippen molar-refractivity contribution >= 4 is 11.6 Å². The Labute approximate surface area is 125 Å². The molecule has 2 aliphatic rings. The van der Waals surface area contributed by atoms with Crippen molar-refractivity contribution in [3.8, 4) is 5.75 Å². The molecule has 20 heavy (non-hydrogen) atoms. The van der Waals surface area contributed by atoms with Crippen molar-refractivity contribution in [2.45, 2.75) is 44.2 Å². The van der Waals surface area contributed by atoms with Crippen LogP contribution in [-0.2, 0) is 0 Å². The summed E-state index contributed by atoms with van der Waals surface area (Å²) in [6, 6.07) is 6.23. The van der Waals surface area contributed by atoms with E-state index in [1.54, 1.807) is 0 Å². The molecule has 1 aromatic rings. The van der Waals surface area contributed by atoms with Crippen LogP contribution in [0.2, 0.25) is 5.02 Å². The second-order valence-electron chi connectivity index (χ2n) is 5.87. The molecule has 3 nitrogen and oxygen atoms in total. The number of nitrogens with one attached hydrogen (secondary N) is 1. The van der Waals surface area contributed by atoms with Gasteiger partial charge in [0, 0.05) is 18.2 Å². The van der Waals surface area contributed by atoms with E-state index in [2.05, 4.69) is 11.4 Å². The van der Waals surface area contributed by atoms with Crippen molar-refractivity contribution in [3.05, 3.63) is 28.8 Å². The molecular formula is C16H22ClNO2. The van der Waals surface area contributed by atoms with Gasteiger partial charge in [0.15, 0.2) is 0 Å². The molecule has 0 bridgehead atoms. The summed E-state index contributed by atoms with van der Waals surface area (Å²) in [5, 5.41) is 14.2. The standard InChI is InChI=1S/C16H22ClNO2/c17-13-6-2-5-12-14(7-3-9-20-16(12)13)18-10-11-4-1-8-15(11)19/h2,5-6,11,14-15,18-19H,1,3-4,7-10H2. The van der Waals surface area contributed by atoms with E-state index in [1.165, 1.54) is 0 Å². The lowest BCUT2D eigenvalue weighted by atomic mass is 10.00. The number of rotatable bonds is 3. The SMILES string of the molecule is OC1CCCC1CNC1CCCOc2c(Cl)cccc21. The summed E-state index contributed by atoms with van der Waals surface area (Å²) < 4.78 is 5.78. The molecular weight excluding hydrogens is 274 g/mol. The van der Waals surface area contributed by atoms with Crippen LogP contribution in [0.1, 0.15) is 43.7 Å². The number of hydrogen-bond acceptors (Lipinski definition) is 3. The molecule has 4 heteroatoms. The van der Waals surface area contributed by atoms with Crippen LogP contribution in [0.3, 0.4) is 0 Å². The number of aliphatic hydroxyl groups is 1. The van der Waals surface area contributed by atoms with Gasteiger partial charge in [0.1, 0.15) is 5.75 Å². The van der Waals surface area contributed by atoms with Crippen LogP contribution < -0.4 is 10.1 Å². The molecule has 0 radical (unpaired) electrons. The predicted octanol–water partition coefficient (Wildman–Crippen LogP) is 3.30. The van der Waals surface area contributed by atoms with E-state index in [9.17, 15) is 5.11 Å². The van der Waals surface area contributed by atoms with Crippen molar-refractivity contribution < 1.29 is 9.84 Å². The maximum Gasteiger partial charge on any atom is 0.142 e. The van der Waals surface area contributed by atoms with Gasteiger partial charge in [0.25, 0.3) is 0 Å². The molecule has 1 aliphatic heterocycles. The van der Waals surface area contributed by atoms with Crippen LogP contribution in [-0.4, -0.2) is 24.4 Å². The number of aliphatic hydroxyl groups excluding tert-OH is 1. The summed E-state index contributed by atoms with van der Waals surface area (Å²) in [7, 11) is 0. The first kappa shape index (κ1) is 14.2. The minimum atomic E-state index is -0.136. The van der Waals surface area contributed by atoms with Gasteiger partial charge in [-0.1, -0.05) is 30.2 Å². The molecule has 2 N–H and O–H groups in total. The van der Waals surface area contributed by atoms with Gasteiger partial charge in [0.05, 0.1) is 17.7 Å². The van der Waals surface area contributed by atoms with Crippen LogP contribution in [0.15, 0.2) is 18.2 Å². The summed E-state index contributed by atoms with van der Waals surface area (Å²) >= 11 is 6.24. The summed E-state index contributed by atoms with van der Waals surface area (Å²) in [6.45, 7) is 1.60. The van der Waals surface area contributed by atoms with Crippen LogP contribution in [0.4, 0.5) is 0 Å². The zero-order valence-electron chi connectivity index (χ0n) is 11.6. The third-order valence-corrected chi connectivity index (χ3v) is 4.80. The molecule has 0 amide bonds. The number of benzene rings is 1. The lowest BCUT2D eigenvalue weighted by Gasteiger charge is -2.22. The maximum atomic E-state index is 9.93. The van der Waals surface area contributed by atoms with Gasteiger partial charge in [-0.25, -0.2) is 0 Å². The molecule has 3 rings (SSSR count). The molecule has 1 fully saturated rings. The van der Waals surface area contributed by atoms with Gasteiger partial charge in [-0.2, -0.15) is 0 Å². The Kier molecular flexibility index (Phi) is 4.49. The summed E-state index contributed by atoms with van der Waals surface area (Å²) in [5.74, 6) is 1.22. The fourth-order valence-electron chi connectivity index (χ4n) is 3.33. The van der Waals surface area contributed by atoms with Gasteiger partial charge >= 0.3 is 0 Å². The highest BCUT2D eigenvalue weighted by Crippen LogP contribution is 2.37. The number of para-hydroxylation sites is 1. The smallest absolute Gasteiger partial charge is 0.142 e. The maximum absolute atomic E-state index is 9.93. The lowest BCUT2D eigenvalue weighted by molar-refractivity contribution is 0.129. The van der Waals surface area contributed by atoms with Crippen LogP contribution >= 0.6 is 11.6 Å². The fraction of sp³-hybridized carbons (Fsp3) is 0.625. The summed E-state index contributed by atoms with van der Waals surface area (Å²) in [5.41, 5.74) is 1.16. The van der Waals surface area contributed by atoms with Crippen molar-refractivity contribution in [1.82, 2.24) is 5.32 Å². The molecule has 0 aromatic heterocycles. The third-order valence-electron chi connectivity index (χ3n) is 4.50. The van der Waals surface area contributed by atoms with Crippen LogP contribution in [0.25, 0.3) is 0 Å². The van der Waals surface area contributed by atoms with Crippen molar-refractivity contribution in [1.29, 1.82) is 0 Å². The first-order valence-corrected chi connectivity index (χ1v) is 7.96. The predicted molar refractivity (Wildman–Crippen MR) is 80.3 cm³/mol. The Bertz CT molecular complexity index is 466. The minimum Gasteiger partial charge on any atom is -0.492 e. The first-order valence-electron chi connectivity index (χ1n) is 7.58. The highest BCUT2D eigenvalue weighted by molar-refractivity contribution is 6.32. The van der Waals surface area contributed by atoms with Crippen molar-refractivity contribution in [2.24, 2.45) is 5.92 Å². The Morgan fingerprint density at radius 1 is 1.25 bits per heavy atom. The molecule has 1 heterocycles. The zero-order chi connectivity index (χ0) is 13.9. The Hall–Kier alpha value is -0.770. The minimum absolute atomic E-state index is 0.136. The molecule has 110 valence electrons. The van der Waals surface area contributed by atoms with Gasteiger partial charge < -0.3 is 15.2 Å². The number of hydrogen-bond donors (Lipinski definition) is 2. The van der Waals surface area contributed by atoms with E-state index in [4.69, 9.17) is 16.3 Å². The van der Waals surface area contributed by atoms with E-state index < -0.39 is 0 Å². The first-order chi connectivity index (χ1) is 9.75. The van der Waals surface area contributed by atoms with Gasteiger partial charge in [-0.05, 0) is 37.7 Å². The Morgan fingerprint density at radius 2 is 2.15 bits per heavy atom. The molecule has 0 saturated heterocycles. The second-order valence-corrected chi connectivity index (χ2v) is 6.28. The lowest BCUT2D eigenvalue weighted by Crippen LogP contribution is -2.30. The van der Waals surface area contributed by atoms with Gasteiger partial charge in [0.2, 0.25) is 0 Å². The van der Waals surface area contributed by atoms with Crippen LogP contribution in [0, 0.1) is 5.92 Å². The third kappa shape index (κ3) is 2.95. The van der Waals surface area contributed by atoms with E-state index >= 15 is 0 Å². The van der Waals surface area contributed by atoms with Gasteiger partial charge in [-0.15, -0.1) is 0 Å². The van der Waals surface area contributed by atoms with E-state index in [0.29, 0.717) is 10.9 Å². The molecule has 1 aromatic carbocycles. The van der Waals surface area contributed by atoms with E-state index in [-0.39, 0.29) is 12.1 Å². The van der Waals surface area contributed by atoms with E-state index in [0.717, 1.165) is 56.6 Å². The number of ether oxygens (including phenoxy) is 1.